The first-order chi connectivity index (χ1) is 13.5. The maximum absolute atomic E-state index is 13.0. The second kappa shape index (κ2) is 8.89. The van der Waals surface area contributed by atoms with Crippen molar-refractivity contribution in [1.82, 2.24) is 10.6 Å². The number of hydrogen-bond acceptors (Lipinski definition) is 3. The average Bonchev–Trinajstić information content (AvgIpc) is 2.69. The highest BCUT2D eigenvalue weighted by atomic mass is 32.1. The minimum Gasteiger partial charge on any atom is -0.372 e. The zero-order chi connectivity index (χ0) is 20.1. The van der Waals surface area contributed by atoms with E-state index >= 15 is 0 Å². The molecule has 0 aliphatic carbocycles. The molecule has 0 bridgehead atoms. The Morgan fingerprint density at radius 2 is 1.71 bits per heavy atom. The number of nitrogens with one attached hydrogen (secondary N) is 3. The van der Waals surface area contributed by atoms with Gasteiger partial charge in [-0.2, -0.15) is 0 Å². The van der Waals surface area contributed by atoms with E-state index in [9.17, 15) is 4.79 Å². The van der Waals surface area contributed by atoms with Gasteiger partial charge in [-0.1, -0.05) is 30.3 Å². The minimum absolute atomic E-state index is 0.149. The fraction of sp³-hybridized carbons (Fsp3) is 0.273. The third-order valence-electron chi connectivity index (χ3n) is 4.90. The molecule has 146 valence electrons. The Bertz CT molecular complexity index is 873. The second-order valence-corrected chi connectivity index (χ2v) is 7.06. The number of thiocarbonyl (C=S) groups is 1. The zero-order valence-corrected chi connectivity index (χ0v) is 17.3. The van der Waals surface area contributed by atoms with Crippen LogP contribution >= 0.6 is 12.2 Å². The van der Waals surface area contributed by atoms with Crippen molar-refractivity contribution in [2.45, 2.75) is 26.8 Å². The molecule has 28 heavy (non-hydrogen) atoms. The van der Waals surface area contributed by atoms with Crippen molar-refractivity contribution in [2.24, 2.45) is 0 Å². The lowest BCUT2D eigenvalue weighted by Crippen LogP contribution is -2.45. The van der Waals surface area contributed by atoms with Crippen LogP contribution in [-0.4, -0.2) is 24.1 Å². The Kier molecular flexibility index (Phi) is 6.31. The summed E-state index contributed by atoms with van der Waals surface area (Å²) in [5, 5.41) is 9.82. The van der Waals surface area contributed by atoms with Gasteiger partial charge in [0.2, 0.25) is 0 Å². The molecule has 5 nitrogen and oxygen atoms in total. The van der Waals surface area contributed by atoms with Gasteiger partial charge in [-0.3, -0.25) is 4.79 Å². The van der Waals surface area contributed by atoms with E-state index < -0.39 is 0 Å². The summed E-state index contributed by atoms with van der Waals surface area (Å²) in [6, 6.07) is 17.5. The number of carbonyl (C=O) groups excluding carboxylic acids is 1. The summed E-state index contributed by atoms with van der Waals surface area (Å²) in [4.78, 5) is 15.3. The van der Waals surface area contributed by atoms with Gasteiger partial charge in [-0.25, -0.2) is 0 Å². The predicted molar refractivity (Wildman–Crippen MR) is 119 cm³/mol. The molecule has 0 saturated carbocycles. The molecule has 1 amide bonds. The smallest absolute Gasteiger partial charge is 0.255 e. The van der Waals surface area contributed by atoms with Gasteiger partial charge >= 0.3 is 0 Å². The van der Waals surface area contributed by atoms with Crippen molar-refractivity contribution in [3.63, 3.8) is 0 Å². The number of para-hydroxylation sites is 1. The van der Waals surface area contributed by atoms with Crippen LogP contribution in [0.4, 0.5) is 11.4 Å². The van der Waals surface area contributed by atoms with Gasteiger partial charge in [0.25, 0.3) is 5.91 Å². The third-order valence-corrected chi connectivity index (χ3v) is 5.12. The molecule has 0 saturated heterocycles. The maximum atomic E-state index is 13.0. The van der Waals surface area contributed by atoms with Gasteiger partial charge in [0.1, 0.15) is 0 Å². The molecular weight excluding hydrogens is 368 g/mol. The van der Waals surface area contributed by atoms with Crippen molar-refractivity contribution in [3.8, 4) is 0 Å². The molecule has 2 aromatic rings. The molecule has 0 aromatic heterocycles. The normalized spacial score (nSPS) is 16.2. The number of allylic oxidation sites excluding steroid dienone is 1. The van der Waals surface area contributed by atoms with Crippen LogP contribution in [0.1, 0.15) is 32.4 Å². The summed E-state index contributed by atoms with van der Waals surface area (Å²) in [6.07, 6.45) is 0. The first kappa shape index (κ1) is 19.9. The van der Waals surface area contributed by atoms with Crippen LogP contribution in [0.5, 0.6) is 0 Å². The standard InChI is InChI=1S/C22H26N4OS/c1-4-26(5-2)18-13-11-16(12-14-18)20-19(15(3)23-22(28)25-20)21(27)24-17-9-7-6-8-10-17/h6-14,20H,4-5H2,1-3H3,(H,24,27)(H2,23,25,28)/t20-/m0/s1. The molecule has 1 heterocycles. The maximum Gasteiger partial charge on any atom is 0.255 e. The fourth-order valence-electron chi connectivity index (χ4n) is 3.43. The molecule has 6 heteroatoms. The van der Waals surface area contributed by atoms with Crippen LogP contribution < -0.4 is 20.9 Å². The summed E-state index contributed by atoms with van der Waals surface area (Å²) >= 11 is 5.34. The highest BCUT2D eigenvalue weighted by molar-refractivity contribution is 7.80. The van der Waals surface area contributed by atoms with Gasteiger partial charge in [-0.05, 0) is 62.8 Å². The van der Waals surface area contributed by atoms with Gasteiger partial charge < -0.3 is 20.9 Å². The second-order valence-electron chi connectivity index (χ2n) is 6.65. The molecule has 0 unspecified atom stereocenters. The molecule has 0 radical (unpaired) electrons. The highest BCUT2D eigenvalue weighted by Crippen LogP contribution is 2.29. The minimum atomic E-state index is -0.303. The molecule has 3 rings (SSSR count). The molecule has 0 fully saturated rings. The van der Waals surface area contributed by atoms with E-state index in [1.54, 1.807) is 0 Å². The van der Waals surface area contributed by atoms with E-state index in [-0.39, 0.29) is 11.9 Å². The van der Waals surface area contributed by atoms with E-state index in [2.05, 4.69) is 59.0 Å². The van der Waals surface area contributed by atoms with Crippen LogP contribution in [0.25, 0.3) is 0 Å². The van der Waals surface area contributed by atoms with E-state index in [4.69, 9.17) is 12.2 Å². The van der Waals surface area contributed by atoms with Crippen LogP contribution in [0, 0.1) is 0 Å². The lowest BCUT2D eigenvalue weighted by atomic mass is 9.94. The first-order valence-electron chi connectivity index (χ1n) is 9.53. The summed E-state index contributed by atoms with van der Waals surface area (Å²) in [5.41, 5.74) is 4.32. The Hall–Kier alpha value is -2.86. The molecule has 1 atom stereocenters. The quantitative estimate of drug-likeness (QED) is 0.648. The third kappa shape index (κ3) is 4.34. The van der Waals surface area contributed by atoms with E-state index in [1.165, 1.54) is 5.69 Å². The number of anilines is 2. The number of hydrogen-bond donors (Lipinski definition) is 3. The average molecular weight is 395 g/mol. The lowest BCUT2D eigenvalue weighted by Gasteiger charge is -2.31. The fourth-order valence-corrected chi connectivity index (χ4v) is 3.70. The van der Waals surface area contributed by atoms with Crippen LogP contribution in [-0.2, 0) is 4.79 Å². The van der Waals surface area contributed by atoms with Crippen LogP contribution in [0.3, 0.4) is 0 Å². The Morgan fingerprint density at radius 1 is 1.07 bits per heavy atom. The van der Waals surface area contributed by atoms with E-state index in [1.807, 2.05) is 37.3 Å². The summed E-state index contributed by atoms with van der Waals surface area (Å²) < 4.78 is 0. The van der Waals surface area contributed by atoms with Gasteiger partial charge in [0.15, 0.2) is 5.11 Å². The van der Waals surface area contributed by atoms with Crippen LogP contribution in [0.2, 0.25) is 0 Å². The summed E-state index contributed by atoms with van der Waals surface area (Å²) in [7, 11) is 0. The molecule has 3 N–H and O–H groups in total. The first-order valence-corrected chi connectivity index (χ1v) is 9.93. The number of rotatable bonds is 6. The summed E-state index contributed by atoms with van der Waals surface area (Å²) in [6.45, 7) is 8.07. The highest BCUT2D eigenvalue weighted by Gasteiger charge is 2.30. The number of benzene rings is 2. The van der Waals surface area contributed by atoms with Crippen molar-refractivity contribution in [1.29, 1.82) is 0 Å². The Balaban J connectivity index is 1.90. The van der Waals surface area contributed by atoms with Gasteiger partial charge in [0, 0.05) is 30.2 Å². The van der Waals surface area contributed by atoms with E-state index in [0.717, 1.165) is 30.0 Å². The lowest BCUT2D eigenvalue weighted by molar-refractivity contribution is -0.113. The zero-order valence-electron chi connectivity index (χ0n) is 16.5. The number of carbonyl (C=O) groups is 1. The topological polar surface area (TPSA) is 56.4 Å². The molecule has 2 aromatic carbocycles. The van der Waals surface area contributed by atoms with Crippen molar-refractivity contribution in [3.05, 3.63) is 71.4 Å². The number of amides is 1. The van der Waals surface area contributed by atoms with E-state index in [0.29, 0.717) is 10.7 Å². The van der Waals surface area contributed by atoms with Crippen molar-refractivity contribution >= 4 is 34.6 Å². The number of nitrogens with zero attached hydrogens (tertiary/aromatic N) is 1. The Morgan fingerprint density at radius 3 is 2.32 bits per heavy atom. The molecule has 1 aliphatic rings. The monoisotopic (exact) mass is 394 g/mol. The largest absolute Gasteiger partial charge is 0.372 e. The molecule has 1 aliphatic heterocycles. The molecule has 0 spiro atoms. The SMILES string of the molecule is CCN(CC)c1ccc([C@@H]2NC(=S)NC(C)=C2C(=O)Nc2ccccc2)cc1. The predicted octanol–water partition coefficient (Wildman–Crippen LogP) is 3.96. The summed E-state index contributed by atoms with van der Waals surface area (Å²) in [5.74, 6) is -0.149. The van der Waals surface area contributed by atoms with Crippen molar-refractivity contribution < 1.29 is 4.79 Å². The van der Waals surface area contributed by atoms with Crippen LogP contribution in [0.15, 0.2) is 65.9 Å². The van der Waals surface area contributed by atoms with Crippen molar-refractivity contribution in [2.75, 3.05) is 23.3 Å². The Labute approximate surface area is 171 Å². The van der Waals surface area contributed by atoms with Gasteiger partial charge in [-0.15, -0.1) is 0 Å². The van der Waals surface area contributed by atoms with Gasteiger partial charge in [0.05, 0.1) is 11.6 Å². The molecular formula is C22H26N4OS.